The average Bonchev–Trinajstić information content (AvgIpc) is 2.54. The number of hydrogen-bond donors (Lipinski definition) is 1. The quantitative estimate of drug-likeness (QED) is 0.616. The summed E-state index contributed by atoms with van der Waals surface area (Å²) in [6.45, 7) is 4.83. The Morgan fingerprint density at radius 1 is 1.58 bits per heavy atom. The molecule has 0 amide bonds. The van der Waals surface area contributed by atoms with Crippen LogP contribution in [0.4, 0.5) is 0 Å². The summed E-state index contributed by atoms with van der Waals surface area (Å²) in [4.78, 5) is 4.09. The van der Waals surface area contributed by atoms with Crippen LogP contribution in [0, 0.1) is 0 Å². The minimum Gasteiger partial charge on any atom is -0.326 e. The zero-order valence-electron chi connectivity index (χ0n) is 7.70. The van der Waals surface area contributed by atoms with E-state index in [1.807, 2.05) is 18.5 Å². The lowest BCUT2D eigenvalue weighted by Gasteiger charge is -2.17. The van der Waals surface area contributed by atoms with Gasteiger partial charge in [0.25, 0.3) is 0 Å². The van der Waals surface area contributed by atoms with Gasteiger partial charge in [-0.05, 0) is 6.42 Å². The first-order valence-electron chi connectivity index (χ1n) is 4.48. The molecule has 4 nitrogen and oxygen atoms in total. The lowest BCUT2D eigenvalue weighted by molar-refractivity contribution is 0.422. The number of rotatable bonds is 0. The fraction of sp³-hybridized carbons (Fsp3) is 0.750. The standard InChI is InChI=1S/C6H10N4.C2H6/c7-5-1-2-6-8-4-9-10(6)3-5;1-2/h4-5H,1-3,7H2;1-2H3. The molecule has 0 bridgehead atoms. The molecular formula is C8H16N4. The third kappa shape index (κ3) is 1.82. The Morgan fingerprint density at radius 2 is 2.33 bits per heavy atom. The third-order valence-electron chi connectivity index (χ3n) is 1.84. The van der Waals surface area contributed by atoms with Crippen molar-refractivity contribution in [3.8, 4) is 0 Å². The van der Waals surface area contributed by atoms with E-state index in [4.69, 9.17) is 5.73 Å². The zero-order chi connectivity index (χ0) is 8.97. The van der Waals surface area contributed by atoms with Crippen molar-refractivity contribution in [3.63, 3.8) is 0 Å². The molecule has 0 aliphatic carbocycles. The summed E-state index contributed by atoms with van der Waals surface area (Å²) in [5, 5.41) is 4.03. The highest BCUT2D eigenvalue weighted by Crippen LogP contribution is 2.08. The van der Waals surface area contributed by atoms with Gasteiger partial charge < -0.3 is 5.73 Å². The Labute approximate surface area is 72.8 Å². The van der Waals surface area contributed by atoms with Crippen LogP contribution >= 0.6 is 0 Å². The van der Waals surface area contributed by atoms with E-state index in [0.717, 1.165) is 25.2 Å². The second-order valence-electron chi connectivity index (χ2n) is 2.66. The molecule has 2 rings (SSSR count). The van der Waals surface area contributed by atoms with Crippen molar-refractivity contribution >= 4 is 0 Å². The van der Waals surface area contributed by atoms with Crippen LogP contribution in [0.1, 0.15) is 26.1 Å². The molecule has 0 aromatic carbocycles. The normalized spacial score (nSPS) is 20.8. The van der Waals surface area contributed by atoms with Gasteiger partial charge in [-0.3, -0.25) is 0 Å². The van der Waals surface area contributed by atoms with Crippen LogP contribution in [0.2, 0.25) is 0 Å². The monoisotopic (exact) mass is 168 g/mol. The third-order valence-corrected chi connectivity index (χ3v) is 1.84. The minimum atomic E-state index is 0.272. The first-order chi connectivity index (χ1) is 5.86. The highest BCUT2D eigenvalue weighted by molar-refractivity contribution is 4.90. The molecule has 1 unspecified atom stereocenters. The number of aromatic nitrogens is 3. The van der Waals surface area contributed by atoms with Gasteiger partial charge in [0.15, 0.2) is 0 Å². The second kappa shape index (κ2) is 4.21. The van der Waals surface area contributed by atoms with Crippen LogP contribution in [-0.2, 0) is 13.0 Å². The lowest BCUT2D eigenvalue weighted by atomic mass is 10.1. The van der Waals surface area contributed by atoms with Gasteiger partial charge in [0.2, 0.25) is 0 Å². The maximum atomic E-state index is 5.72. The number of nitrogens with two attached hydrogens (primary N) is 1. The van der Waals surface area contributed by atoms with E-state index in [1.54, 1.807) is 6.33 Å². The van der Waals surface area contributed by atoms with Gasteiger partial charge >= 0.3 is 0 Å². The Hall–Kier alpha value is -0.900. The fourth-order valence-electron chi connectivity index (χ4n) is 1.26. The highest BCUT2D eigenvalue weighted by Gasteiger charge is 2.15. The van der Waals surface area contributed by atoms with E-state index >= 15 is 0 Å². The second-order valence-corrected chi connectivity index (χ2v) is 2.66. The summed E-state index contributed by atoms with van der Waals surface area (Å²) in [5.41, 5.74) is 5.72. The van der Waals surface area contributed by atoms with E-state index in [9.17, 15) is 0 Å². The molecule has 0 saturated carbocycles. The first-order valence-corrected chi connectivity index (χ1v) is 4.48. The van der Waals surface area contributed by atoms with E-state index in [2.05, 4.69) is 10.1 Å². The van der Waals surface area contributed by atoms with E-state index in [0.29, 0.717) is 0 Å². The summed E-state index contributed by atoms with van der Waals surface area (Å²) in [6.07, 6.45) is 3.60. The summed E-state index contributed by atoms with van der Waals surface area (Å²) >= 11 is 0. The molecule has 2 heterocycles. The van der Waals surface area contributed by atoms with Gasteiger partial charge in [-0.1, -0.05) is 13.8 Å². The maximum absolute atomic E-state index is 5.72. The van der Waals surface area contributed by atoms with Gasteiger partial charge in [0, 0.05) is 12.5 Å². The Balaban J connectivity index is 0.000000336. The van der Waals surface area contributed by atoms with Crippen LogP contribution in [0.3, 0.4) is 0 Å². The van der Waals surface area contributed by atoms with Crippen molar-refractivity contribution < 1.29 is 0 Å². The molecule has 1 aromatic heterocycles. The number of nitrogens with zero attached hydrogens (tertiary/aromatic N) is 3. The van der Waals surface area contributed by atoms with Crippen molar-refractivity contribution in [3.05, 3.63) is 12.2 Å². The van der Waals surface area contributed by atoms with Crippen molar-refractivity contribution in [2.45, 2.75) is 39.3 Å². The number of fused-ring (bicyclic) bond motifs is 1. The highest BCUT2D eigenvalue weighted by atomic mass is 15.3. The summed E-state index contributed by atoms with van der Waals surface area (Å²) in [6, 6.07) is 0.272. The van der Waals surface area contributed by atoms with Crippen LogP contribution in [0.25, 0.3) is 0 Å². The molecule has 0 saturated heterocycles. The molecule has 2 N–H and O–H groups in total. The molecular weight excluding hydrogens is 152 g/mol. The molecule has 0 radical (unpaired) electrons. The molecule has 1 aliphatic rings. The molecule has 4 heteroatoms. The summed E-state index contributed by atoms with van der Waals surface area (Å²) < 4.78 is 1.88. The van der Waals surface area contributed by atoms with Crippen LogP contribution in [0.15, 0.2) is 6.33 Å². The van der Waals surface area contributed by atoms with Gasteiger partial charge in [0.05, 0.1) is 6.54 Å². The van der Waals surface area contributed by atoms with Crippen LogP contribution in [-0.4, -0.2) is 20.8 Å². The molecule has 0 spiro atoms. The largest absolute Gasteiger partial charge is 0.326 e. The number of aryl methyl sites for hydroxylation is 1. The maximum Gasteiger partial charge on any atom is 0.138 e. The molecule has 12 heavy (non-hydrogen) atoms. The van der Waals surface area contributed by atoms with Gasteiger partial charge in [-0.15, -0.1) is 0 Å². The smallest absolute Gasteiger partial charge is 0.138 e. The Kier molecular flexibility index (Phi) is 3.22. The fourth-order valence-corrected chi connectivity index (χ4v) is 1.26. The van der Waals surface area contributed by atoms with Gasteiger partial charge in [-0.25, -0.2) is 9.67 Å². The first kappa shape index (κ1) is 9.19. The predicted octanol–water partition coefficient (Wildman–Crippen LogP) is 0.578. The summed E-state index contributed by atoms with van der Waals surface area (Å²) in [7, 11) is 0. The molecule has 0 fully saturated rings. The SMILES string of the molecule is CC.NC1CCc2ncnn2C1. The zero-order valence-corrected chi connectivity index (χ0v) is 7.70. The average molecular weight is 168 g/mol. The van der Waals surface area contributed by atoms with E-state index in [1.165, 1.54) is 0 Å². The van der Waals surface area contributed by atoms with E-state index in [-0.39, 0.29) is 6.04 Å². The van der Waals surface area contributed by atoms with E-state index < -0.39 is 0 Å². The van der Waals surface area contributed by atoms with Crippen molar-refractivity contribution in [1.82, 2.24) is 14.8 Å². The van der Waals surface area contributed by atoms with Crippen molar-refractivity contribution in [2.24, 2.45) is 5.73 Å². The lowest BCUT2D eigenvalue weighted by Crippen LogP contribution is -2.32. The molecule has 1 aliphatic heterocycles. The minimum absolute atomic E-state index is 0.272. The molecule has 68 valence electrons. The topological polar surface area (TPSA) is 56.7 Å². The van der Waals surface area contributed by atoms with Crippen molar-refractivity contribution in [2.75, 3.05) is 0 Å². The van der Waals surface area contributed by atoms with Gasteiger partial charge in [-0.2, -0.15) is 5.10 Å². The molecule has 1 atom stereocenters. The van der Waals surface area contributed by atoms with Gasteiger partial charge in [0.1, 0.15) is 12.2 Å². The Morgan fingerprint density at radius 3 is 3.08 bits per heavy atom. The molecule has 1 aromatic rings. The van der Waals surface area contributed by atoms with Crippen LogP contribution in [0.5, 0.6) is 0 Å². The summed E-state index contributed by atoms with van der Waals surface area (Å²) in [5.74, 6) is 1.07. The predicted molar refractivity (Wildman–Crippen MR) is 47.7 cm³/mol. The number of hydrogen-bond acceptors (Lipinski definition) is 3. The Bertz CT molecular complexity index is 231. The van der Waals surface area contributed by atoms with Crippen molar-refractivity contribution in [1.29, 1.82) is 0 Å². The van der Waals surface area contributed by atoms with Crippen LogP contribution < -0.4 is 5.73 Å².